The van der Waals surface area contributed by atoms with Crippen molar-refractivity contribution in [3.05, 3.63) is 23.4 Å². The molecule has 0 aliphatic heterocycles. The lowest BCUT2D eigenvalue weighted by molar-refractivity contribution is 0.556. The second kappa shape index (κ2) is 5.87. The number of aryl methyl sites for hydroxylation is 2. The van der Waals surface area contributed by atoms with Crippen molar-refractivity contribution in [1.82, 2.24) is 10.3 Å². The third kappa shape index (κ3) is 4.68. The summed E-state index contributed by atoms with van der Waals surface area (Å²) in [6, 6.07) is 5.13. The molecular formula is C14H22N2S. The van der Waals surface area contributed by atoms with Crippen LogP contribution in [0.2, 0.25) is 0 Å². The summed E-state index contributed by atoms with van der Waals surface area (Å²) < 4.78 is 0. The molecule has 0 aromatic carbocycles. The average Bonchev–Trinajstić information content (AvgIpc) is 3.06. The fraction of sp³-hybridized carbons (Fsp3) is 0.643. The van der Waals surface area contributed by atoms with Crippen LogP contribution in [0.15, 0.2) is 17.2 Å². The van der Waals surface area contributed by atoms with Crippen molar-refractivity contribution < 1.29 is 0 Å². The Kier molecular flexibility index (Phi) is 4.46. The number of rotatable bonds is 6. The van der Waals surface area contributed by atoms with Gasteiger partial charge in [0.15, 0.2) is 0 Å². The molecule has 1 unspecified atom stereocenters. The van der Waals surface area contributed by atoms with Gasteiger partial charge in [0, 0.05) is 17.5 Å². The fourth-order valence-electron chi connectivity index (χ4n) is 1.82. The molecule has 1 aliphatic rings. The summed E-state index contributed by atoms with van der Waals surface area (Å²) in [5.41, 5.74) is 2.43. The van der Waals surface area contributed by atoms with Gasteiger partial charge in [-0.3, -0.25) is 0 Å². The topological polar surface area (TPSA) is 24.9 Å². The first-order valence-corrected chi connectivity index (χ1v) is 7.43. The number of nitrogens with zero attached hydrogens (tertiary/aromatic N) is 1. The van der Waals surface area contributed by atoms with E-state index in [9.17, 15) is 0 Å². The van der Waals surface area contributed by atoms with E-state index in [0.717, 1.165) is 24.0 Å². The molecule has 2 nitrogen and oxygen atoms in total. The van der Waals surface area contributed by atoms with Gasteiger partial charge in [-0.05, 0) is 56.8 Å². The highest BCUT2D eigenvalue weighted by Gasteiger charge is 2.20. The van der Waals surface area contributed by atoms with Crippen molar-refractivity contribution in [2.24, 2.45) is 5.92 Å². The van der Waals surface area contributed by atoms with E-state index in [-0.39, 0.29) is 0 Å². The largest absolute Gasteiger partial charge is 0.314 e. The van der Waals surface area contributed by atoms with Crippen molar-refractivity contribution in [3.8, 4) is 0 Å². The summed E-state index contributed by atoms with van der Waals surface area (Å²) in [6.45, 7) is 7.65. The summed E-state index contributed by atoms with van der Waals surface area (Å²) in [4.78, 5) is 4.56. The van der Waals surface area contributed by atoms with Crippen LogP contribution in [0.1, 0.15) is 31.0 Å². The standard InChI is InChI=1S/C14H22N2S/c1-10-6-12(3)16-14(7-10)17-9-11(2)8-15-13-4-5-13/h6-7,11,13,15H,4-5,8-9H2,1-3H3. The first kappa shape index (κ1) is 12.9. The summed E-state index contributed by atoms with van der Waals surface area (Å²) >= 11 is 1.88. The molecule has 1 fully saturated rings. The maximum absolute atomic E-state index is 4.56. The maximum atomic E-state index is 4.56. The molecule has 0 saturated heterocycles. The Balaban J connectivity index is 1.75. The lowest BCUT2D eigenvalue weighted by Gasteiger charge is -2.12. The molecule has 0 radical (unpaired) electrons. The number of hydrogen-bond donors (Lipinski definition) is 1. The Morgan fingerprint density at radius 1 is 1.41 bits per heavy atom. The molecule has 0 spiro atoms. The molecule has 1 aliphatic carbocycles. The van der Waals surface area contributed by atoms with Crippen molar-refractivity contribution in [3.63, 3.8) is 0 Å². The second-order valence-electron chi connectivity index (χ2n) is 5.22. The second-order valence-corrected chi connectivity index (χ2v) is 6.26. The smallest absolute Gasteiger partial charge is 0.0965 e. The normalized spacial score (nSPS) is 17.1. The van der Waals surface area contributed by atoms with E-state index in [1.54, 1.807) is 0 Å². The summed E-state index contributed by atoms with van der Waals surface area (Å²) in [5.74, 6) is 1.86. The van der Waals surface area contributed by atoms with Crippen LogP contribution < -0.4 is 5.32 Å². The van der Waals surface area contributed by atoms with Gasteiger partial charge < -0.3 is 5.32 Å². The minimum Gasteiger partial charge on any atom is -0.314 e. The van der Waals surface area contributed by atoms with E-state index in [2.05, 4.69) is 43.2 Å². The third-order valence-electron chi connectivity index (χ3n) is 2.92. The van der Waals surface area contributed by atoms with Gasteiger partial charge in [0.25, 0.3) is 0 Å². The van der Waals surface area contributed by atoms with Crippen LogP contribution in [0.25, 0.3) is 0 Å². The molecule has 3 heteroatoms. The molecule has 1 atom stereocenters. The number of hydrogen-bond acceptors (Lipinski definition) is 3. The van der Waals surface area contributed by atoms with Gasteiger partial charge in [0.05, 0.1) is 5.03 Å². The van der Waals surface area contributed by atoms with Gasteiger partial charge in [-0.25, -0.2) is 4.98 Å². The molecule has 94 valence electrons. The highest BCUT2D eigenvalue weighted by molar-refractivity contribution is 7.99. The van der Waals surface area contributed by atoms with E-state index in [0.29, 0.717) is 5.92 Å². The first-order valence-electron chi connectivity index (χ1n) is 6.45. The van der Waals surface area contributed by atoms with Crippen molar-refractivity contribution in [2.45, 2.75) is 44.7 Å². The van der Waals surface area contributed by atoms with E-state index in [4.69, 9.17) is 0 Å². The van der Waals surface area contributed by atoms with Crippen LogP contribution >= 0.6 is 11.8 Å². The summed E-state index contributed by atoms with van der Waals surface area (Å²) in [6.07, 6.45) is 2.75. The Labute approximate surface area is 109 Å². The summed E-state index contributed by atoms with van der Waals surface area (Å²) in [5, 5.41) is 4.75. The number of nitrogens with one attached hydrogen (secondary N) is 1. The van der Waals surface area contributed by atoms with Gasteiger partial charge in [0.1, 0.15) is 0 Å². The van der Waals surface area contributed by atoms with Crippen LogP contribution in [0, 0.1) is 19.8 Å². The molecule has 17 heavy (non-hydrogen) atoms. The number of pyridine rings is 1. The average molecular weight is 250 g/mol. The molecule has 0 amide bonds. The lowest BCUT2D eigenvalue weighted by Crippen LogP contribution is -2.24. The van der Waals surface area contributed by atoms with Crippen LogP contribution in [-0.4, -0.2) is 23.3 Å². The van der Waals surface area contributed by atoms with Crippen molar-refractivity contribution in [1.29, 1.82) is 0 Å². The zero-order valence-electron chi connectivity index (χ0n) is 11.0. The Hall–Kier alpha value is -0.540. The minimum absolute atomic E-state index is 0.711. The predicted molar refractivity (Wildman–Crippen MR) is 74.6 cm³/mol. The maximum Gasteiger partial charge on any atom is 0.0965 e. The molecule has 1 N–H and O–H groups in total. The summed E-state index contributed by atoms with van der Waals surface area (Å²) in [7, 11) is 0. The van der Waals surface area contributed by atoms with Gasteiger partial charge >= 0.3 is 0 Å². The van der Waals surface area contributed by atoms with E-state index in [1.807, 2.05) is 11.8 Å². The van der Waals surface area contributed by atoms with Crippen LogP contribution in [0.4, 0.5) is 0 Å². The molecule has 0 bridgehead atoms. The third-order valence-corrected chi connectivity index (χ3v) is 4.16. The molecule has 1 aromatic heterocycles. The van der Waals surface area contributed by atoms with Crippen LogP contribution in [0.3, 0.4) is 0 Å². The number of thioether (sulfide) groups is 1. The highest BCUT2D eigenvalue weighted by atomic mass is 32.2. The van der Waals surface area contributed by atoms with Crippen LogP contribution in [0.5, 0.6) is 0 Å². The Morgan fingerprint density at radius 3 is 2.82 bits per heavy atom. The predicted octanol–water partition coefficient (Wildman–Crippen LogP) is 3.18. The van der Waals surface area contributed by atoms with Gasteiger partial charge in [-0.2, -0.15) is 0 Å². The molecular weight excluding hydrogens is 228 g/mol. The highest BCUT2D eigenvalue weighted by Crippen LogP contribution is 2.22. The molecule has 1 saturated carbocycles. The van der Waals surface area contributed by atoms with E-state index in [1.165, 1.54) is 23.4 Å². The number of aromatic nitrogens is 1. The van der Waals surface area contributed by atoms with Gasteiger partial charge in [-0.1, -0.05) is 6.92 Å². The first-order chi connectivity index (χ1) is 8.13. The van der Waals surface area contributed by atoms with Crippen LogP contribution in [-0.2, 0) is 0 Å². The van der Waals surface area contributed by atoms with E-state index >= 15 is 0 Å². The SMILES string of the molecule is Cc1cc(C)nc(SCC(C)CNC2CC2)c1. The Morgan fingerprint density at radius 2 is 2.18 bits per heavy atom. The zero-order chi connectivity index (χ0) is 12.3. The molecule has 1 aromatic rings. The van der Waals surface area contributed by atoms with E-state index < -0.39 is 0 Å². The quantitative estimate of drug-likeness (QED) is 0.785. The zero-order valence-corrected chi connectivity index (χ0v) is 11.8. The molecule has 1 heterocycles. The fourth-order valence-corrected chi connectivity index (χ4v) is 2.87. The molecule has 2 rings (SSSR count). The Bertz CT molecular complexity index is 354. The van der Waals surface area contributed by atoms with Gasteiger partial charge in [-0.15, -0.1) is 11.8 Å². The lowest BCUT2D eigenvalue weighted by atomic mass is 10.2. The van der Waals surface area contributed by atoms with Gasteiger partial charge in [0.2, 0.25) is 0 Å². The minimum atomic E-state index is 0.711. The monoisotopic (exact) mass is 250 g/mol. The van der Waals surface area contributed by atoms with Crippen molar-refractivity contribution in [2.75, 3.05) is 12.3 Å². The van der Waals surface area contributed by atoms with Crippen molar-refractivity contribution >= 4 is 11.8 Å².